The van der Waals surface area contributed by atoms with Crippen molar-refractivity contribution < 1.29 is 13.9 Å². The van der Waals surface area contributed by atoms with Gasteiger partial charge in [0, 0.05) is 49.1 Å². The third-order valence-corrected chi connectivity index (χ3v) is 5.14. The van der Waals surface area contributed by atoms with E-state index in [4.69, 9.17) is 5.11 Å². The minimum Gasteiger partial charge on any atom is -0.396 e. The molecule has 1 N–H and O–H groups in total. The fraction of sp³-hybridized carbons (Fsp3) is 0.273. The summed E-state index contributed by atoms with van der Waals surface area (Å²) in [6.45, 7) is 2.84. The number of halogens is 2. The monoisotopic (exact) mass is 368 g/mol. The van der Waals surface area contributed by atoms with Gasteiger partial charge in [0.15, 0.2) is 0 Å². The predicted molar refractivity (Wildman–Crippen MR) is 104 cm³/mol. The molecular formula is C22H22F2N2O. The Morgan fingerprint density at radius 1 is 1.00 bits per heavy atom. The molecule has 1 aliphatic heterocycles. The van der Waals surface area contributed by atoms with Gasteiger partial charge in [-0.15, -0.1) is 0 Å². The molecule has 5 heteroatoms. The maximum absolute atomic E-state index is 13.9. The molecule has 27 heavy (non-hydrogen) atoms. The molecule has 0 aliphatic carbocycles. The van der Waals surface area contributed by atoms with Gasteiger partial charge in [0.2, 0.25) is 0 Å². The number of benzene rings is 2. The Morgan fingerprint density at radius 2 is 1.78 bits per heavy atom. The van der Waals surface area contributed by atoms with E-state index in [9.17, 15) is 8.78 Å². The second-order valence-corrected chi connectivity index (χ2v) is 6.91. The van der Waals surface area contributed by atoms with Gasteiger partial charge in [0.1, 0.15) is 11.6 Å². The van der Waals surface area contributed by atoms with Gasteiger partial charge in [-0.05, 0) is 60.9 Å². The lowest BCUT2D eigenvalue weighted by molar-refractivity contribution is 0.236. The summed E-state index contributed by atoms with van der Waals surface area (Å²) < 4.78 is 29.2. The molecule has 3 nitrogen and oxygen atoms in total. The van der Waals surface area contributed by atoms with Gasteiger partial charge in [0.25, 0.3) is 0 Å². The number of fused-ring (bicyclic) bond motifs is 1. The molecule has 2 heterocycles. The second kappa shape index (κ2) is 7.62. The molecule has 0 spiro atoms. The normalized spacial score (nSPS) is 15.3. The van der Waals surface area contributed by atoms with Crippen molar-refractivity contribution in [1.29, 1.82) is 0 Å². The average molecular weight is 368 g/mol. The van der Waals surface area contributed by atoms with Gasteiger partial charge in [-0.3, -0.25) is 4.90 Å². The minimum atomic E-state index is -0.278. The highest BCUT2D eigenvalue weighted by molar-refractivity contribution is 5.94. The first-order chi connectivity index (χ1) is 13.2. The molecule has 1 aliphatic rings. The minimum absolute atomic E-state index is 0.206. The number of aliphatic hydroxyl groups excluding tert-OH is 1. The van der Waals surface area contributed by atoms with Crippen LogP contribution in [0.25, 0.3) is 22.2 Å². The zero-order chi connectivity index (χ0) is 18.8. The van der Waals surface area contributed by atoms with Crippen molar-refractivity contribution >= 4 is 16.5 Å². The molecule has 0 saturated carbocycles. The SMILES string of the molecule is OCCCN1CC=C(c2cn(-c3ccc(F)cc3)c3ccc(F)cc23)CC1. The molecule has 3 aromatic rings. The van der Waals surface area contributed by atoms with E-state index in [0.29, 0.717) is 0 Å². The maximum atomic E-state index is 13.9. The van der Waals surface area contributed by atoms with Crippen LogP contribution in [0, 0.1) is 11.6 Å². The first-order valence-electron chi connectivity index (χ1n) is 9.25. The summed E-state index contributed by atoms with van der Waals surface area (Å²) >= 11 is 0. The zero-order valence-corrected chi connectivity index (χ0v) is 15.0. The Morgan fingerprint density at radius 3 is 2.48 bits per heavy atom. The summed E-state index contributed by atoms with van der Waals surface area (Å²) in [5.74, 6) is -0.541. The lowest BCUT2D eigenvalue weighted by Gasteiger charge is -2.25. The predicted octanol–water partition coefficient (Wildman–Crippen LogP) is 4.38. The van der Waals surface area contributed by atoms with Crippen molar-refractivity contribution in [2.24, 2.45) is 0 Å². The van der Waals surface area contributed by atoms with E-state index >= 15 is 0 Å². The van der Waals surface area contributed by atoms with E-state index in [1.807, 2.05) is 10.8 Å². The van der Waals surface area contributed by atoms with Crippen molar-refractivity contribution in [3.05, 3.63) is 71.9 Å². The van der Waals surface area contributed by atoms with Gasteiger partial charge in [-0.25, -0.2) is 8.78 Å². The van der Waals surface area contributed by atoms with Crippen LogP contribution in [0.2, 0.25) is 0 Å². The Hall–Kier alpha value is -2.50. The van der Waals surface area contributed by atoms with Crippen molar-refractivity contribution in [3.8, 4) is 5.69 Å². The molecule has 140 valence electrons. The fourth-order valence-corrected chi connectivity index (χ4v) is 3.73. The van der Waals surface area contributed by atoms with Crippen molar-refractivity contribution in [2.45, 2.75) is 12.8 Å². The quantitative estimate of drug-likeness (QED) is 0.724. The Labute approximate surface area is 157 Å². The number of rotatable bonds is 5. The Bertz CT molecular complexity index is 976. The first-order valence-corrected chi connectivity index (χ1v) is 9.25. The van der Waals surface area contributed by atoms with Crippen molar-refractivity contribution in [3.63, 3.8) is 0 Å². The Kier molecular flexibility index (Phi) is 5.05. The largest absolute Gasteiger partial charge is 0.396 e. The first kappa shape index (κ1) is 17.9. The van der Waals surface area contributed by atoms with Gasteiger partial charge >= 0.3 is 0 Å². The van der Waals surface area contributed by atoms with Gasteiger partial charge in [0.05, 0.1) is 5.52 Å². The van der Waals surface area contributed by atoms with Gasteiger partial charge in [-0.2, -0.15) is 0 Å². The van der Waals surface area contributed by atoms with Crippen LogP contribution >= 0.6 is 0 Å². The van der Waals surface area contributed by atoms with E-state index in [-0.39, 0.29) is 18.2 Å². The molecule has 2 aromatic carbocycles. The number of hydrogen-bond acceptors (Lipinski definition) is 2. The third-order valence-electron chi connectivity index (χ3n) is 5.14. The van der Waals surface area contributed by atoms with E-state index in [2.05, 4.69) is 11.0 Å². The van der Waals surface area contributed by atoms with E-state index < -0.39 is 0 Å². The smallest absolute Gasteiger partial charge is 0.123 e. The standard InChI is InChI=1S/C22H22F2N2O/c23-17-2-5-19(6-3-17)26-15-21(20-14-18(24)4-7-22(20)26)16-8-11-25(12-9-16)10-1-13-27/h2-8,14-15,27H,1,9-13H2. The van der Waals surface area contributed by atoms with Gasteiger partial charge in [-0.1, -0.05) is 6.08 Å². The van der Waals surface area contributed by atoms with Crippen LogP contribution in [0.3, 0.4) is 0 Å². The molecule has 0 bridgehead atoms. The van der Waals surface area contributed by atoms with Crippen molar-refractivity contribution in [2.75, 3.05) is 26.2 Å². The summed E-state index contributed by atoms with van der Waals surface area (Å²) in [7, 11) is 0. The number of hydrogen-bond donors (Lipinski definition) is 1. The third kappa shape index (κ3) is 3.66. The highest BCUT2D eigenvalue weighted by Crippen LogP contribution is 2.33. The Balaban J connectivity index is 1.74. The van der Waals surface area contributed by atoms with Crippen LogP contribution in [0.4, 0.5) is 8.78 Å². The lowest BCUT2D eigenvalue weighted by Crippen LogP contribution is -2.29. The molecule has 4 rings (SSSR count). The molecule has 1 aromatic heterocycles. The van der Waals surface area contributed by atoms with Crippen LogP contribution in [-0.4, -0.2) is 40.8 Å². The van der Waals surface area contributed by atoms with Crippen molar-refractivity contribution in [1.82, 2.24) is 9.47 Å². The summed E-state index contributed by atoms with van der Waals surface area (Å²) in [5.41, 5.74) is 3.98. The molecule has 0 amide bonds. The summed E-state index contributed by atoms with van der Waals surface area (Å²) in [5, 5.41) is 9.87. The molecule has 0 unspecified atom stereocenters. The highest BCUT2D eigenvalue weighted by atomic mass is 19.1. The van der Waals surface area contributed by atoms with Crippen LogP contribution in [-0.2, 0) is 0 Å². The maximum Gasteiger partial charge on any atom is 0.123 e. The molecule has 0 radical (unpaired) electrons. The molecular weight excluding hydrogens is 346 g/mol. The average Bonchev–Trinajstić information content (AvgIpc) is 3.06. The van der Waals surface area contributed by atoms with E-state index in [1.165, 1.54) is 23.8 Å². The second-order valence-electron chi connectivity index (χ2n) is 6.91. The summed E-state index contributed by atoms with van der Waals surface area (Å²) in [6, 6.07) is 11.1. The number of aliphatic hydroxyl groups is 1. The van der Waals surface area contributed by atoms with E-state index in [0.717, 1.165) is 54.6 Å². The van der Waals surface area contributed by atoms with Crippen LogP contribution in [0.1, 0.15) is 18.4 Å². The molecule has 0 saturated heterocycles. The van der Waals surface area contributed by atoms with Crippen LogP contribution < -0.4 is 0 Å². The summed E-state index contributed by atoms with van der Waals surface area (Å²) in [6.07, 6.45) is 5.87. The highest BCUT2D eigenvalue weighted by Gasteiger charge is 2.18. The molecule has 0 atom stereocenters. The zero-order valence-electron chi connectivity index (χ0n) is 15.0. The number of aromatic nitrogens is 1. The lowest BCUT2D eigenvalue weighted by atomic mass is 9.99. The van der Waals surface area contributed by atoms with Gasteiger partial charge < -0.3 is 9.67 Å². The topological polar surface area (TPSA) is 28.4 Å². The fourth-order valence-electron chi connectivity index (χ4n) is 3.73. The molecule has 0 fully saturated rings. The van der Waals surface area contributed by atoms with E-state index in [1.54, 1.807) is 24.3 Å². The van der Waals surface area contributed by atoms with Crippen LogP contribution in [0.5, 0.6) is 0 Å². The van der Waals surface area contributed by atoms with Crippen LogP contribution in [0.15, 0.2) is 54.7 Å². The number of nitrogens with zero attached hydrogens (tertiary/aromatic N) is 2. The summed E-state index contributed by atoms with van der Waals surface area (Å²) in [4.78, 5) is 2.31.